The third-order valence-corrected chi connectivity index (χ3v) is 5.39. The zero-order valence-electron chi connectivity index (χ0n) is 16.2. The van der Waals surface area contributed by atoms with Gasteiger partial charge in [-0.3, -0.25) is 4.57 Å². The fourth-order valence-corrected chi connectivity index (χ4v) is 3.66. The molecular weight excluding hydrogens is 392 g/mol. The first kappa shape index (κ1) is 20.2. The number of methoxy groups -OCH3 is 1. The molecule has 0 amide bonds. The van der Waals surface area contributed by atoms with E-state index in [0.717, 1.165) is 11.3 Å². The number of ether oxygens (including phenoxy) is 1. The van der Waals surface area contributed by atoms with E-state index >= 15 is 0 Å². The van der Waals surface area contributed by atoms with Crippen molar-refractivity contribution in [2.24, 2.45) is 0 Å². The van der Waals surface area contributed by atoms with E-state index in [1.54, 1.807) is 7.11 Å². The van der Waals surface area contributed by atoms with Crippen molar-refractivity contribution in [1.82, 2.24) is 14.8 Å². The van der Waals surface area contributed by atoms with Crippen LogP contribution in [0.1, 0.15) is 26.3 Å². The van der Waals surface area contributed by atoms with E-state index in [1.807, 2.05) is 34.9 Å². The molecule has 0 saturated carbocycles. The predicted molar refractivity (Wildman–Crippen MR) is 113 cm³/mol. The quantitative estimate of drug-likeness (QED) is 0.517. The van der Waals surface area contributed by atoms with Crippen LogP contribution in [0.2, 0.25) is 5.02 Å². The molecule has 7 heteroatoms. The average molecular weight is 413 g/mol. The smallest absolute Gasteiger partial charge is 0.197 e. The predicted octanol–water partition coefficient (Wildman–Crippen LogP) is 5.51. The van der Waals surface area contributed by atoms with Crippen molar-refractivity contribution in [3.8, 4) is 28.9 Å². The fourth-order valence-electron chi connectivity index (χ4n) is 2.79. The van der Waals surface area contributed by atoms with Crippen LogP contribution in [0.25, 0.3) is 17.1 Å². The van der Waals surface area contributed by atoms with E-state index in [2.05, 4.69) is 49.2 Å². The summed E-state index contributed by atoms with van der Waals surface area (Å²) in [5, 5.41) is 18.8. The number of nitriles is 1. The summed E-state index contributed by atoms with van der Waals surface area (Å²) in [6.07, 6.45) is 0. The Morgan fingerprint density at radius 1 is 1.14 bits per heavy atom. The first-order chi connectivity index (χ1) is 13.3. The Kier molecular flexibility index (Phi) is 5.97. The maximum atomic E-state index is 8.97. The van der Waals surface area contributed by atoms with Gasteiger partial charge in [-0.1, -0.05) is 68.4 Å². The molecule has 0 aliphatic heterocycles. The molecule has 0 atom stereocenters. The molecule has 0 N–H and O–H groups in total. The van der Waals surface area contributed by atoms with Gasteiger partial charge in [-0.05, 0) is 29.2 Å². The second-order valence-corrected chi connectivity index (χ2v) is 8.58. The SMILES string of the molecule is COc1ccc(-n2c(SCC#N)nnc2-c2ccc(C(C)(C)C)cc2)cc1Cl. The Hall–Kier alpha value is -2.49. The lowest BCUT2D eigenvalue weighted by Gasteiger charge is -2.19. The van der Waals surface area contributed by atoms with Crippen molar-refractivity contribution in [3.63, 3.8) is 0 Å². The molecule has 28 heavy (non-hydrogen) atoms. The molecule has 2 aromatic carbocycles. The summed E-state index contributed by atoms with van der Waals surface area (Å²) >= 11 is 7.67. The van der Waals surface area contributed by atoms with Crippen LogP contribution in [-0.4, -0.2) is 27.6 Å². The zero-order chi connectivity index (χ0) is 20.3. The third kappa shape index (κ3) is 4.16. The van der Waals surface area contributed by atoms with Gasteiger partial charge in [0.05, 0.1) is 29.6 Å². The van der Waals surface area contributed by atoms with Gasteiger partial charge in [-0.15, -0.1) is 10.2 Å². The number of hydrogen-bond acceptors (Lipinski definition) is 5. The van der Waals surface area contributed by atoms with E-state index < -0.39 is 0 Å². The number of aromatic nitrogens is 3. The van der Waals surface area contributed by atoms with Crippen molar-refractivity contribution in [2.75, 3.05) is 12.9 Å². The fraction of sp³-hybridized carbons (Fsp3) is 0.286. The highest BCUT2D eigenvalue weighted by Gasteiger charge is 2.19. The van der Waals surface area contributed by atoms with Crippen molar-refractivity contribution in [2.45, 2.75) is 31.3 Å². The van der Waals surface area contributed by atoms with Gasteiger partial charge in [0.25, 0.3) is 0 Å². The number of thioether (sulfide) groups is 1. The van der Waals surface area contributed by atoms with Crippen LogP contribution < -0.4 is 4.74 Å². The molecule has 1 heterocycles. The molecule has 0 radical (unpaired) electrons. The highest BCUT2D eigenvalue weighted by atomic mass is 35.5. The van der Waals surface area contributed by atoms with Gasteiger partial charge < -0.3 is 4.74 Å². The van der Waals surface area contributed by atoms with Gasteiger partial charge in [0.2, 0.25) is 0 Å². The molecule has 0 spiro atoms. The van der Waals surface area contributed by atoms with Crippen LogP contribution in [0.15, 0.2) is 47.6 Å². The van der Waals surface area contributed by atoms with Crippen LogP contribution in [0.5, 0.6) is 5.75 Å². The molecule has 144 valence electrons. The number of benzene rings is 2. The van der Waals surface area contributed by atoms with Gasteiger partial charge in [0.1, 0.15) is 5.75 Å². The zero-order valence-corrected chi connectivity index (χ0v) is 17.8. The number of rotatable bonds is 5. The molecule has 0 unspecified atom stereocenters. The van der Waals surface area contributed by atoms with Crippen LogP contribution in [-0.2, 0) is 5.41 Å². The first-order valence-corrected chi connectivity index (χ1v) is 10.1. The summed E-state index contributed by atoms with van der Waals surface area (Å²) in [6, 6.07) is 16.0. The second kappa shape index (κ2) is 8.26. The summed E-state index contributed by atoms with van der Waals surface area (Å²) in [4.78, 5) is 0. The lowest BCUT2D eigenvalue weighted by Crippen LogP contribution is -2.10. The minimum atomic E-state index is 0.0729. The topological polar surface area (TPSA) is 63.7 Å². The van der Waals surface area contributed by atoms with Gasteiger partial charge in [-0.2, -0.15) is 5.26 Å². The van der Waals surface area contributed by atoms with Gasteiger partial charge in [-0.25, -0.2) is 0 Å². The maximum absolute atomic E-state index is 8.97. The Labute approximate surface area is 174 Å². The minimum Gasteiger partial charge on any atom is -0.495 e. The van der Waals surface area contributed by atoms with E-state index in [1.165, 1.54) is 17.3 Å². The molecule has 5 nitrogen and oxygen atoms in total. The lowest BCUT2D eigenvalue weighted by molar-refractivity contribution is 0.415. The standard InChI is InChI=1S/C21H21ClN4OS/c1-21(2,3)15-7-5-14(6-8-15)19-24-25-20(28-12-11-23)26(19)16-9-10-18(27-4)17(22)13-16/h5-10,13H,12H2,1-4H3. The Morgan fingerprint density at radius 3 is 2.43 bits per heavy atom. The highest BCUT2D eigenvalue weighted by Crippen LogP contribution is 2.33. The Balaban J connectivity index is 2.11. The van der Waals surface area contributed by atoms with Crippen molar-refractivity contribution in [3.05, 3.63) is 53.1 Å². The summed E-state index contributed by atoms with van der Waals surface area (Å²) in [6.45, 7) is 6.54. The van der Waals surface area contributed by atoms with Crippen LogP contribution >= 0.6 is 23.4 Å². The van der Waals surface area contributed by atoms with Crippen LogP contribution in [0.4, 0.5) is 0 Å². The van der Waals surface area contributed by atoms with Crippen LogP contribution in [0.3, 0.4) is 0 Å². The number of halogens is 1. The molecular formula is C21H21ClN4OS. The van der Waals surface area contributed by atoms with E-state index in [0.29, 0.717) is 21.8 Å². The van der Waals surface area contributed by atoms with Crippen LogP contribution in [0, 0.1) is 11.3 Å². The lowest BCUT2D eigenvalue weighted by atomic mass is 9.87. The van der Waals surface area contributed by atoms with Crippen molar-refractivity contribution in [1.29, 1.82) is 5.26 Å². The average Bonchev–Trinajstić information content (AvgIpc) is 3.09. The summed E-state index contributed by atoms with van der Waals surface area (Å²) in [5.74, 6) is 1.58. The monoisotopic (exact) mass is 412 g/mol. The molecule has 3 aromatic rings. The largest absolute Gasteiger partial charge is 0.495 e. The van der Waals surface area contributed by atoms with Gasteiger partial charge in [0.15, 0.2) is 11.0 Å². The molecule has 1 aromatic heterocycles. The molecule has 3 rings (SSSR count). The summed E-state index contributed by atoms with van der Waals surface area (Å²) in [7, 11) is 1.58. The highest BCUT2D eigenvalue weighted by molar-refractivity contribution is 7.99. The van der Waals surface area contributed by atoms with E-state index in [-0.39, 0.29) is 11.2 Å². The number of hydrogen-bond donors (Lipinski definition) is 0. The molecule has 0 saturated heterocycles. The van der Waals surface area contributed by atoms with E-state index in [4.69, 9.17) is 21.6 Å². The summed E-state index contributed by atoms with van der Waals surface area (Å²) < 4.78 is 7.17. The van der Waals surface area contributed by atoms with Crippen molar-refractivity contribution < 1.29 is 4.74 Å². The normalized spacial score (nSPS) is 11.3. The van der Waals surface area contributed by atoms with Crippen molar-refractivity contribution >= 4 is 23.4 Å². The molecule has 0 aliphatic carbocycles. The van der Waals surface area contributed by atoms with E-state index in [9.17, 15) is 0 Å². The molecule has 0 aliphatic rings. The molecule has 0 fully saturated rings. The number of nitrogens with zero attached hydrogens (tertiary/aromatic N) is 4. The van der Waals surface area contributed by atoms with Gasteiger partial charge >= 0.3 is 0 Å². The Bertz CT molecular complexity index is 1020. The third-order valence-electron chi connectivity index (χ3n) is 4.30. The maximum Gasteiger partial charge on any atom is 0.197 e. The summed E-state index contributed by atoms with van der Waals surface area (Å²) in [5.41, 5.74) is 3.07. The molecule has 0 bridgehead atoms. The Morgan fingerprint density at radius 2 is 1.86 bits per heavy atom. The minimum absolute atomic E-state index is 0.0729. The van der Waals surface area contributed by atoms with Gasteiger partial charge in [0, 0.05) is 5.56 Å². The second-order valence-electron chi connectivity index (χ2n) is 7.23. The first-order valence-electron chi connectivity index (χ1n) is 8.75.